The van der Waals surface area contributed by atoms with Gasteiger partial charge in [0.15, 0.2) is 5.13 Å². The number of hydrogen-bond donors (Lipinski definition) is 1. The zero-order valence-corrected chi connectivity index (χ0v) is 16.8. The molecule has 0 bridgehead atoms. The third kappa shape index (κ3) is 4.59. The fourth-order valence-electron chi connectivity index (χ4n) is 4.13. The average Bonchev–Trinajstić information content (AvgIpc) is 3.31. The van der Waals surface area contributed by atoms with Crippen LogP contribution in [0.1, 0.15) is 32.6 Å². The number of anilines is 1. The van der Waals surface area contributed by atoms with Gasteiger partial charge < -0.3 is 10.1 Å². The fraction of sp³-hybridized carbons (Fsp3) is 0.600. The Morgan fingerprint density at radius 2 is 2.04 bits per heavy atom. The Bertz CT molecular complexity index is 779. The van der Waals surface area contributed by atoms with Crippen LogP contribution in [-0.2, 0) is 4.79 Å². The highest BCUT2D eigenvalue weighted by Gasteiger charge is 2.26. The third-order valence-corrected chi connectivity index (χ3v) is 6.47. The molecule has 2 fully saturated rings. The van der Waals surface area contributed by atoms with Crippen molar-refractivity contribution < 1.29 is 9.53 Å². The quantitative estimate of drug-likeness (QED) is 0.824. The zero-order valence-electron chi connectivity index (χ0n) is 15.9. The molecule has 0 spiro atoms. The smallest absolute Gasteiger partial charge is 0.240 e. The van der Waals surface area contributed by atoms with E-state index in [0.29, 0.717) is 18.3 Å². The molecule has 1 aromatic carbocycles. The number of nitrogens with one attached hydrogen (secondary N) is 1. The summed E-state index contributed by atoms with van der Waals surface area (Å²) in [5.74, 6) is 0.861. The number of benzene rings is 1. The molecule has 1 aliphatic heterocycles. The van der Waals surface area contributed by atoms with Gasteiger partial charge in [0.25, 0.3) is 0 Å². The minimum Gasteiger partial charge on any atom is -0.494 e. The largest absolute Gasteiger partial charge is 0.494 e. The van der Waals surface area contributed by atoms with E-state index >= 15 is 0 Å². The lowest BCUT2D eigenvalue weighted by atomic mass is 10.2. The molecule has 4 rings (SSSR count). The molecule has 0 unspecified atom stereocenters. The summed E-state index contributed by atoms with van der Waals surface area (Å²) in [6, 6.07) is 6.62. The monoisotopic (exact) mass is 388 g/mol. The van der Waals surface area contributed by atoms with Crippen molar-refractivity contribution in [1.82, 2.24) is 14.8 Å². The fourth-order valence-corrected chi connectivity index (χ4v) is 5.04. The van der Waals surface area contributed by atoms with E-state index in [4.69, 9.17) is 4.74 Å². The number of aromatic nitrogens is 1. The van der Waals surface area contributed by atoms with Gasteiger partial charge in [0, 0.05) is 32.2 Å². The van der Waals surface area contributed by atoms with Crippen LogP contribution in [0, 0.1) is 0 Å². The van der Waals surface area contributed by atoms with Crippen molar-refractivity contribution in [3.05, 3.63) is 18.2 Å². The lowest BCUT2D eigenvalue weighted by Crippen LogP contribution is -2.51. The van der Waals surface area contributed by atoms with Gasteiger partial charge in [-0.3, -0.25) is 14.6 Å². The Hall–Kier alpha value is -1.70. The van der Waals surface area contributed by atoms with Crippen LogP contribution in [-0.4, -0.2) is 66.1 Å². The second-order valence-electron chi connectivity index (χ2n) is 7.38. The summed E-state index contributed by atoms with van der Waals surface area (Å²) in [5, 5.41) is 3.63. The predicted octanol–water partition coefficient (Wildman–Crippen LogP) is 3.19. The minimum absolute atomic E-state index is 0.0217. The molecule has 1 saturated carbocycles. The Balaban J connectivity index is 1.28. The summed E-state index contributed by atoms with van der Waals surface area (Å²) in [6.45, 7) is 7.16. The van der Waals surface area contributed by atoms with Gasteiger partial charge in [-0.15, -0.1) is 0 Å². The predicted molar refractivity (Wildman–Crippen MR) is 110 cm³/mol. The van der Waals surface area contributed by atoms with Crippen molar-refractivity contribution in [2.75, 3.05) is 44.6 Å². The topological polar surface area (TPSA) is 57.7 Å². The van der Waals surface area contributed by atoms with Crippen molar-refractivity contribution in [2.45, 2.75) is 38.6 Å². The SMILES string of the molecule is CCOc1ccc2nc(NC(=O)CN3CCN(C4CCCC4)CC3)sc2c1. The van der Waals surface area contributed by atoms with Crippen LogP contribution in [0.5, 0.6) is 5.75 Å². The van der Waals surface area contributed by atoms with Gasteiger partial charge in [-0.1, -0.05) is 24.2 Å². The number of rotatable bonds is 6. The van der Waals surface area contributed by atoms with Crippen molar-refractivity contribution in [3.63, 3.8) is 0 Å². The number of carbonyl (C=O) groups is 1. The molecule has 0 radical (unpaired) electrons. The molecule has 1 N–H and O–H groups in total. The second kappa shape index (κ2) is 8.54. The van der Waals surface area contributed by atoms with Gasteiger partial charge in [-0.25, -0.2) is 4.98 Å². The lowest BCUT2D eigenvalue weighted by molar-refractivity contribution is -0.117. The van der Waals surface area contributed by atoms with Crippen molar-refractivity contribution >= 4 is 32.6 Å². The highest BCUT2D eigenvalue weighted by atomic mass is 32.1. The van der Waals surface area contributed by atoms with E-state index < -0.39 is 0 Å². The third-order valence-electron chi connectivity index (χ3n) is 5.53. The van der Waals surface area contributed by atoms with Gasteiger partial charge in [0.2, 0.25) is 5.91 Å². The van der Waals surface area contributed by atoms with Crippen LogP contribution in [0.4, 0.5) is 5.13 Å². The van der Waals surface area contributed by atoms with Crippen molar-refractivity contribution in [1.29, 1.82) is 0 Å². The van der Waals surface area contributed by atoms with Crippen LogP contribution < -0.4 is 10.1 Å². The van der Waals surface area contributed by atoms with E-state index in [-0.39, 0.29) is 5.91 Å². The Morgan fingerprint density at radius 3 is 2.78 bits per heavy atom. The van der Waals surface area contributed by atoms with Crippen LogP contribution >= 0.6 is 11.3 Å². The van der Waals surface area contributed by atoms with Crippen LogP contribution in [0.2, 0.25) is 0 Å². The maximum absolute atomic E-state index is 12.4. The lowest BCUT2D eigenvalue weighted by Gasteiger charge is -2.37. The van der Waals surface area contributed by atoms with Crippen LogP contribution in [0.3, 0.4) is 0 Å². The molecular weight excluding hydrogens is 360 g/mol. The molecular formula is C20H28N4O2S. The molecule has 1 amide bonds. The van der Waals surface area contributed by atoms with E-state index in [1.54, 1.807) is 0 Å². The van der Waals surface area contributed by atoms with E-state index in [2.05, 4.69) is 20.1 Å². The summed E-state index contributed by atoms with van der Waals surface area (Å²) in [7, 11) is 0. The molecule has 146 valence electrons. The summed E-state index contributed by atoms with van der Waals surface area (Å²) >= 11 is 1.50. The van der Waals surface area contributed by atoms with E-state index in [0.717, 1.165) is 48.2 Å². The number of hydrogen-bond acceptors (Lipinski definition) is 6. The molecule has 1 aliphatic carbocycles. The molecule has 2 aliphatic rings. The van der Waals surface area contributed by atoms with Crippen molar-refractivity contribution in [2.24, 2.45) is 0 Å². The van der Waals surface area contributed by atoms with Gasteiger partial charge in [-0.05, 0) is 38.0 Å². The minimum atomic E-state index is 0.0217. The van der Waals surface area contributed by atoms with Gasteiger partial charge in [-0.2, -0.15) is 0 Å². The Morgan fingerprint density at radius 1 is 1.26 bits per heavy atom. The second-order valence-corrected chi connectivity index (χ2v) is 8.41. The van der Waals surface area contributed by atoms with E-state index in [1.807, 2.05) is 25.1 Å². The number of amides is 1. The molecule has 2 heterocycles. The maximum atomic E-state index is 12.4. The summed E-state index contributed by atoms with van der Waals surface area (Å²) in [6.07, 6.45) is 5.45. The highest BCUT2D eigenvalue weighted by molar-refractivity contribution is 7.22. The molecule has 1 saturated heterocycles. The summed E-state index contributed by atoms with van der Waals surface area (Å²) in [5.41, 5.74) is 0.893. The number of piperazine rings is 1. The molecule has 0 atom stereocenters. The summed E-state index contributed by atoms with van der Waals surface area (Å²) < 4.78 is 6.56. The first-order valence-corrected chi connectivity index (χ1v) is 10.8. The number of fused-ring (bicyclic) bond motifs is 1. The first-order chi connectivity index (χ1) is 13.2. The highest BCUT2D eigenvalue weighted by Crippen LogP contribution is 2.29. The van der Waals surface area contributed by atoms with Gasteiger partial charge in [0.1, 0.15) is 5.75 Å². The Kier molecular flexibility index (Phi) is 5.90. The van der Waals surface area contributed by atoms with Gasteiger partial charge >= 0.3 is 0 Å². The number of carbonyl (C=O) groups excluding carboxylic acids is 1. The summed E-state index contributed by atoms with van der Waals surface area (Å²) in [4.78, 5) is 21.8. The molecule has 7 heteroatoms. The molecule has 1 aromatic heterocycles. The standard InChI is InChI=1S/C20H28N4O2S/c1-2-26-16-7-8-17-18(13-16)27-20(21-17)22-19(25)14-23-9-11-24(12-10-23)15-5-3-4-6-15/h7-8,13,15H,2-6,9-12,14H2,1H3,(H,21,22,25). The van der Waals surface area contributed by atoms with Crippen molar-refractivity contribution in [3.8, 4) is 5.75 Å². The first kappa shape index (κ1) is 18.7. The normalized spacial score (nSPS) is 19.6. The number of nitrogens with zero attached hydrogens (tertiary/aromatic N) is 3. The van der Waals surface area contributed by atoms with Crippen LogP contribution in [0.15, 0.2) is 18.2 Å². The number of thiazole rings is 1. The number of ether oxygens (including phenoxy) is 1. The van der Waals surface area contributed by atoms with E-state index in [9.17, 15) is 4.79 Å². The molecule has 2 aromatic rings. The average molecular weight is 389 g/mol. The molecule has 6 nitrogen and oxygen atoms in total. The molecule has 27 heavy (non-hydrogen) atoms. The van der Waals surface area contributed by atoms with Crippen LogP contribution in [0.25, 0.3) is 10.2 Å². The van der Waals surface area contributed by atoms with Gasteiger partial charge in [0.05, 0.1) is 23.4 Å². The van der Waals surface area contributed by atoms with E-state index in [1.165, 1.54) is 37.0 Å². The first-order valence-electron chi connectivity index (χ1n) is 10.0. The zero-order chi connectivity index (χ0) is 18.6. The maximum Gasteiger partial charge on any atom is 0.240 e. The Labute approximate surface area is 164 Å².